The summed E-state index contributed by atoms with van der Waals surface area (Å²) in [6, 6.07) is 13.3. The molecule has 0 aromatic heterocycles. The predicted octanol–water partition coefficient (Wildman–Crippen LogP) is 2.75. The monoisotopic (exact) mass is 377 g/mol. The van der Waals surface area contributed by atoms with Crippen LogP contribution in [0.2, 0.25) is 0 Å². The highest BCUT2D eigenvalue weighted by molar-refractivity contribution is 7.90. The number of ether oxygens (including phenoxy) is 2. The van der Waals surface area contributed by atoms with Crippen LogP contribution in [0.15, 0.2) is 53.4 Å². The van der Waals surface area contributed by atoms with Gasteiger partial charge in [0, 0.05) is 6.26 Å². The van der Waals surface area contributed by atoms with Crippen molar-refractivity contribution in [2.75, 3.05) is 19.5 Å². The van der Waals surface area contributed by atoms with Gasteiger partial charge < -0.3 is 14.8 Å². The van der Waals surface area contributed by atoms with Crippen molar-refractivity contribution in [3.05, 3.63) is 54.1 Å². The van der Waals surface area contributed by atoms with Gasteiger partial charge in [0.1, 0.15) is 0 Å². The summed E-state index contributed by atoms with van der Waals surface area (Å²) in [5.74, 6) is 0.817. The van der Waals surface area contributed by atoms with E-state index in [9.17, 15) is 13.2 Å². The average Bonchev–Trinajstić information content (AvgIpc) is 2.60. The minimum Gasteiger partial charge on any atom is -0.490 e. The van der Waals surface area contributed by atoms with Crippen molar-refractivity contribution in [1.29, 1.82) is 0 Å². The van der Waals surface area contributed by atoms with Crippen molar-refractivity contribution in [3.8, 4) is 11.5 Å². The number of amides is 1. The molecule has 0 fully saturated rings. The molecule has 6 nitrogen and oxygen atoms in total. The molecule has 0 aliphatic heterocycles. The van der Waals surface area contributed by atoms with Gasteiger partial charge in [-0.3, -0.25) is 4.79 Å². The third-order valence-corrected chi connectivity index (χ3v) is 4.82. The Balaban J connectivity index is 1.93. The van der Waals surface area contributed by atoms with Crippen LogP contribution in [0.1, 0.15) is 25.5 Å². The van der Waals surface area contributed by atoms with Crippen LogP contribution in [0.4, 0.5) is 0 Å². The van der Waals surface area contributed by atoms with Crippen LogP contribution in [0.25, 0.3) is 0 Å². The van der Waals surface area contributed by atoms with E-state index in [1.54, 1.807) is 24.3 Å². The average molecular weight is 377 g/mol. The lowest BCUT2D eigenvalue weighted by atomic mass is 10.1. The first-order valence-electron chi connectivity index (χ1n) is 8.25. The van der Waals surface area contributed by atoms with Gasteiger partial charge >= 0.3 is 0 Å². The maximum atomic E-state index is 12.1. The third kappa shape index (κ3) is 5.49. The standard InChI is InChI=1S/C19H23NO5S/c1-4-24-17-7-5-6-8-18(17)25-13-19(21)20-14(2)15-9-11-16(12-10-15)26(3,22)23/h5-12,14H,4,13H2,1-3H3,(H,20,21)/t14-/m0/s1. The molecule has 0 aliphatic rings. The normalized spacial score (nSPS) is 12.3. The summed E-state index contributed by atoms with van der Waals surface area (Å²) >= 11 is 0. The summed E-state index contributed by atoms with van der Waals surface area (Å²) in [4.78, 5) is 12.4. The van der Waals surface area contributed by atoms with Gasteiger partial charge in [-0.05, 0) is 43.7 Å². The largest absolute Gasteiger partial charge is 0.490 e. The molecule has 0 bridgehead atoms. The first-order chi connectivity index (χ1) is 12.3. The van der Waals surface area contributed by atoms with Crippen molar-refractivity contribution in [2.24, 2.45) is 0 Å². The van der Waals surface area contributed by atoms with Gasteiger partial charge in [-0.1, -0.05) is 24.3 Å². The molecule has 26 heavy (non-hydrogen) atoms. The smallest absolute Gasteiger partial charge is 0.258 e. The molecule has 1 amide bonds. The molecule has 2 aromatic rings. The Morgan fingerprint density at radius 3 is 2.15 bits per heavy atom. The number of carbonyl (C=O) groups excluding carboxylic acids is 1. The summed E-state index contributed by atoms with van der Waals surface area (Å²) < 4.78 is 34.0. The van der Waals surface area contributed by atoms with Gasteiger partial charge in [-0.25, -0.2) is 8.42 Å². The molecule has 0 saturated carbocycles. The van der Waals surface area contributed by atoms with Gasteiger partial charge in [0.2, 0.25) is 0 Å². The number of para-hydroxylation sites is 2. The van der Waals surface area contributed by atoms with E-state index in [0.717, 1.165) is 11.8 Å². The lowest BCUT2D eigenvalue weighted by molar-refractivity contribution is -0.123. The van der Waals surface area contributed by atoms with E-state index in [-0.39, 0.29) is 23.5 Å². The fourth-order valence-corrected chi connectivity index (χ4v) is 2.99. The first kappa shape index (κ1) is 19.8. The van der Waals surface area contributed by atoms with E-state index in [0.29, 0.717) is 18.1 Å². The fraction of sp³-hybridized carbons (Fsp3) is 0.316. The van der Waals surface area contributed by atoms with E-state index in [1.807, 2.05) is 26.0 Å². The molecule has 0 heterocycles. The zero-order chi connectivity index (χ0) is 19.2. The number of carbonyl (C=O) groups is 1. The number of rotatable bonds is 8. The van der Waals surface area contributed by atoms with Crippen LogP contribution in [0, 0.1) is 0 Å². The van der Waals surface area contributed by atoms with Crippen LogP contribution >= 0.6 is 0 Å². The van der Waals surface area contributed by atoms with Gasteiger partial charge in [0.25, 0.3) is 5.91 Å². The summed E-state index contributed by atoms with van der Waals surface area (Å²) in [6.07, 6.45) is 1.16. The molecule has 0 saturated heterocycles. The van der Waals surface area contributed by atoms with Crippen LogP contribution in [0.3, 0.4) is 0 Å². The lowest BCUT2D eigenvalue weighted by Gasteiger charge is -2.16. The Kier molecular flexibility index (Phi) is 6.63. The number of sulfone groups is 1. The van der Waals surface area contributed by atoms with Crippen LogP contribution in [-0.2, 0) is 14.6 Å². The van der Waals surface area contributed by atoms with Crippen LogP contribution in [-0.4, -0.2) is 33.8 Å². The number of benzene rings is 2. The van der Waals surface area contributed by atoms with Crippen molar-refractivity contribution in [2.45, 2.75) is 24.8 Å². The quantitative estimate of drug-likeness (QED) is 0.765. The molecule has 2 rings (SSSR count). The maximum absolute atomic E-state index is 12.1. The zero-order valence-corrected chi connectivity index (χ0v) is 15.9. The number of hydrogen-bond acceptors (Lipinski definition) is 5. The number of hydrogen-bond donors (Lipinski definition) is 1. The van der Waals surface area contributed by atoms with Gasteiger partial charge in [-0.2, -0.15) is 0 Å². The second-order valence-corrected chi connectivity index (χ2v) is 7.81. The maximum Gasteiger partial charge on any atom is 0.258 e. The Morgan fingerprint density at radius 1 is 1.04 bits per heavy atom. The highest BCUT2D eigenvalue weighted by Gasteiger charge is 2.13. The Bertz CT molecular complexity index is 846. The second kappa shape index (κ2) is 8.71. The molecule has 0 radical (unpaired) electrons. The van der Waals surface area contributed by atoms with Crippen LogP contribution < -0.4 is 14.8 Å². The second-order valence-electron chi connectivity index (χ2n) is 5.80. The van der Waals surface area contributed by atoms with Crippen molar-refractivity contribution in [3.63, 3.8) is 0 Å². The predicted molar refractivity (Wildman–Crippen MR) is 99.2 cm³/mol. The van der Waals surface area contributed by atoms with Crippen molar-refractivity contribution in [1.82, 2.24) is 5.32 Å². The fourth-order valence-electron chi connectivity index (χ4n) is 2.36. The highest BCUT2D eigenvalue weighted by atomic mass is 32.2. The summed E-state index contributed by atoms with van der Waals surface area (Å²) in [5, 5.41) is 2.82. The molecule has 1 atom stereocenters. The first-order valence-corrected chi connectivity index (χ1v) is 10.1. The molecule has 0 unspecified atom stereocenters. The minimum atomic E-state index is -3.24. The minimum absolute atomic E-state index is 0.143. The third-order valence-electron chi connectivity index (χ3n) is 3.69. The lowest BCUT2D eigenvalue weighted by Crippen LogP contribution is -2.31. The zero-order valence-electron chi connectivity index (χ0n) is 15.1. The Morgan fingerprint density at radius 2 is 1.62 bits per heavy atom. The summed E-state index contributed by atoms with van der Waals surface area (Å²) in [5.41, 5.74) is 0.806. The van der Waals surface area contributed by atoms with E-state index >= 15 is 0 Å². The van der Waals surface area contributed by atoms with Crippen molar-refractivity contribution < 1.29 is 22.7 Å². The summed E-state index contributed by atoms with van der Waals surface area (Å²) in [6.45, 7) is 4.06. The molecule has 140 valence electrons. The van der Waals surface area contributed by atoms with Gasteiger partial charge in [-0.15, -0.1) is 0 Å². The van der Waals surface area contributed by atoms with E-state index in [1.165, 1.54) is 12.1 Å². The molecule has 2 aromatic carbocycles. The van der Waals surface area contributed by atoms with Crippen molar-refractivity contribution >= 4 is 15.7 Å². The van der Waals surface area contributed by atoms with Crippen LogP contribution in [0.5, 0.6) is 11.5 Å². The summed E-state index contributed by atoms with van der Waals surface area (Å²) in [7, 11) is -3.24. The van der Waals surface area contributed by atoms with Gasteiger partial charge in [0.15, 0.2) is 27.9 Å². The molecule has 0 aliphatic carbocycles. The molecular weight excluding hydrogens is 354 g/mol. The molecular formula is C19H23NO5S. The van der Waals surface area contributed by atoms with E-state index in [4.69, 9.17) is 9.47 Å². The Labute approximate surface area is 154 Å². The van der Waals surface area contributed by atoms with E-state index < -0.39 is 9.84 Å². The topological polar surface area (TPSA) is 81.7 Å². The SMILES string of the molecule is CCOc1ccccc1OCC(=O)N[C@@H](C)c1ccc(S(C)(=O)=O)cc1. The molecule has 0 spiro atoms. The van der Waals surface area contributed by atoms with Gasteiger partial charge in [0.05, 0.1) is 17.5 Å². The molecule has 7 heteroatoms. The molecule has 1 N–H and O–H groups in total. The highest BCUT2D eigenvalue weighted by Crippen LogP contribution is 2.26. The van der Waals surface area contributed by atoms with E-state index in [2.05, 4.69) is 5.32 Å². The Hall–Kier alpha value is -2.54. The number of nitrogens with one attached hydrogen (secondary N) is 1.